The van der Waals surface area contributed by atoms with E-state index in [1.54, 1.807) is 42.5 Å². The second kappa shape index (κ2) is 10.6. The van der Waals surface area contributed by atoms with E-state index in [2.05, 4.69) is 6.92 Å². The molecular formula is C29H29NO6. The molecule has 0 radical (unpaired) electrons. The van der Waals surface area contributed by atoms with Crippen LogP contribution in [0.5, 0.6) is 17.2 Å². The van der Waals surface area contributed by atoms with Crippen molar-refractivity contribution >= 4 is 23.1 Å². The molecule has 0 bridgehead atoms. The predicted octanol–water partition coefficient (Wildman–Crippen LogP) is 5.29. The van der Waals surface area contributed by atoms with Crippen LogP contribution in [-0.4, -0.2) is 37.6 Å². The maximum Gasteiger partial charge on any atom is 0.300 e. The lowest BCUT2D eigenvalue weighted by Crippen LogP contribution is -2.29. The molecule has 3 aromatic carbocycles. The molecule has 4 rings (SSSR count). The number of aryl methyl sites for hydroxylation is 1. The molecule has 0 spiro atoms. The highest BCUT2D eigenvalue weighted by Gasteiger charge is 2.47. The Morgan fingerprint density at radius 2 is 1.56 bits per heavy atom. The molecule has 1 aliphatic rings. The van der Waals surface area contributed by atoms with E-state index in [1.807, 2.05) is 31.2 Å². The van der Waals surface area contributed by atoms with Crippen molar-refractivity contribution in [3.05, 3.63) is 89.0 Å². The van der Waals surface area contributed by atoms with Crippen LogP contribution < -0.4 is 19.1 Å². The number of carbonyl (C=O) groups is 2. The third-order valence-electron chi connectivity index (χ3n) is 6.23. The number of ketones is 1. The van der Waals surface area contributed by atoms with E-state index in [1.165, 1.54) is 19.1 Å². The van der Waals surface area contributed by atoms with Crippen LogP contribution in [0.1, 0.15) is 36.6 Å². The summed E-state index contributed by atoms with van der Waals surface area (Å²) in [6.45, 7) is 4.44. The lowest BCUT2D eigenvalue weighted by Gasteiger charge is -2.26. The van der Waals surface area contributed by atoms with Crippen molar-refractivity contribution in [1.82, 2.24) is 0 Å². The number of carbonyl (C=O) groups excluding carboxylic acids is 2. The van der Waals surface area contributed by atoms with Crippen LogP contribution in [0, 0.1) is 0 Å². The Morgan fingerprint density at radius 3 is 2.14 bits per heavy atom. The molecular weight excluding hydrogens is 458 g/mol. The first-order valence-electron chi connectivity index (χ1n) is 11.8. The summed E-state index contributed by atoms with van der Waals surface area (Å²) in [6, 6.07) is 18.6. The number of amides is 1. The standard InChI is InChI=1S/C29H29NO6/c1-5-18-7-9-19(10-8-18)26-25(27(31)20-11-14-22(15-12-20)36-6-2)28(32)29(33)30(26)21-13-16-23(34-3)24(17-21)35-4/h7-17,26,31H,5-6H2,1-4H3/b27-25+. The molecule has 0 aliphatic carbocycles. The molecule has 0 aromatic heterocycles. The van der Waals surface area contributed by atoms with Gasteiger partial charge in [-0.3, -0.25) is 14.5 Å². The van der Waals surface area contributed by atoms with Crippen LogP contribution in [0.3, 0.4) is 0 Å². The number of hydrogen-bond donors (Lipinski definition) is 1. The van der Waals surface area contributed by atoms with Crippen molar-refractivity contribution in [2.45, 2.75) is 26.3 Å². The first-order chi connectivity index (χ1) is 17.4. The van der Waals surface area contributed by atoms with Crippen LogP contribution in [0.25, 0.3) is 5.76 Å². The fraction of sp³-hybridized carbons (Fsp3) is 0.241. The highest BCUT2D eigenvalue weighted by Crippen LogP contribution is 2.44. The summed E-state index contributed by atoms with van der Waals surface area (Å²) in [4.78, 5) is 28.2. The number of nitrogens with zero attached hydrogens (tertiary/aromatic N) is 1. The van der Waals surface area contributed by atoms with Gasteiger partial charge in [0.15, 0.2) is 11.5 Å². The van der Waals surface area contributed by atoms with Crippen LogP contribution >= 0.6 is 0 Å². The van der Waals surface area contributed by atoms with Gasteiger partial charge in [-0.1, -0.05) is 31.2 Å². The normalized spacial score (nSPS) is 16.8. The van der Waals surface area contributed by atoms with Crippen molar-refractivity contribution in [3.63, 3.8) is 0 Å². The molecule has 1 N–H and O–H groups in total. The third-order valence-corrected chi connectivity index (χ3v) is 6.23. The van der Waals surface area contributed by atoms with Crippen molar-refractivity contribution in [2.75, 3.05) is 25.7 Å². The molecule has 1 aliphatic heterocycles. The zero-order chi connectivity index (χ0) is 25.8. The average Bonchev–Trinajstić information content (AvgIpc) is 3.18. The number of methoxy groups -OCH3 is 2. The van der Waals surface area contributed by atoms with Gasteiger partial charge in [0.1, 0.15) is 11.5 Å². The van der Waals surface area contributed by atoms with Gasteiger partial charge in [-0.15, -0.1) is 0 Å². The van der Waals surface area contributed by atoms with Crippen molar-refractivity contribution < 1.29 is 28.9 Å². The average molecular weight is 488 g/mol. The van der Waals surface area contributed by atoms with Gasteiger partial charge in [-0.05, 0) is 60.9 Å². The summed E-state index contributed by atoms with van der Waals surface area (Å²) < 4.78 is 16.2. The van der Waals surface area contributed by atoms with Gasteiger partial charge in [0, 0.05) is 17.3 Å². The smallest absolute Gasteiger partial charge is 0.300 e. The van der Waals surface area contributed by atoms with Gasteiger partial charge in [0.2, 0.25) is 0 Å². The molecule has 3 aromatic rings. The Labute approximate surface area is 210 Å². The molecule has 7 nitrogen and oxygen atoms in total. The molecule has 186 valence electrons. The minimum atomic E-state index is -0.833. The van der Waals surface area contributed by atoms with Gasteiger partial charge in [-0.2, -0.15) is 0 Å². The Morgan fingerprint density at radius 1 is 0.889 bits per heavy atom. The molecule has 1 unspecified atom stereocenters. The molecule has 1 heterocycles. The van der Waals surface area contributed by atoms with E-state index in [4.69, 9.17) is 14.2 Å². The summed E-state index contributed by atoms with van der Waals surface area (Å²) in [5.74, 6) is -0.185. The molecule has 36 heavy (non-hydrogen) atoms. The van der Waals surface area contributed by atoms with E-state index in [9.17, 15) is 14.7 Å². The largest absolute Gasteiger partial charge is 0.507 e. The number of benzene rings is 3. The second-order valence-corrected chi connectivity index (χ2v) is 8.26. The number of anilines is 1. The van der Waals surface area contributed by atoms with Gasteiger partial charge in [-0.25, -0.2) is 0 Å². The van der Waals surface area contributed by atoms with E-state index in [0.29, 0.717) is 40.7 Å². The highest BCUT2D eigenvalue weighted by molar-refractivity contribution is 6.51. The molecule has 1 amide bonds. The summed E-state index contributed by atoms with van der Waals surface area (Å²) >= 11 is 0. The monoisotopic (exact) mass is 487 g/mol. The molecule has 1 saturated heterocycles. The summed E-state index contributed by atoms with van der Waals surface area (Å²) in [7, 11) is 3.03. The van der Waals surface area contributed by atoms with Crippen LogP contribution in [0.15, 0.2) is 72.3 Å². The Bertz CT molecular complexity index is 1290. The van der Waals surface area contributed by atoms with Crippen LogP contribution in [0.2, 0.25) is 0 Å². The van der Waals surface area contributed by atoms with Crippen molar-refractivity contribution in [3.8, 4) is 17.2 Å². The number of aliphatic hydroxyl groups is 1. The van der Waals surface area contributed by atoms with E-state index in [-0.39, 0.29) is 11.3 Å². The first kappa shape index (κ1) is 24.9. The second-order valence-electron chi connectivity index (χ2n) is 8.26. The SMILES string of the molecule is CCOc1ccc(/C(O)=C2\C(=O)C(=O)N(c3ccc(OC)c(OC)c3)C2c2ccc(CC)cc2)cc1. The Hall–Kier alpha value is -4.26. The van der Waals surface area contributed by atoms with Gasteiger partial charge in [0.25, 0.3) is 11.7 Å². The number of Topliss-reactive ketones (excluding diaryl/α,β-unsaturated/α-hetero) is 1. The first-order valence-corrected chi connectivity index (χ1v) is 11.8. The molecule has 1 atom stereocenters. The van der Waals surface area contributed by atoms with Gasteiger partial charge < -0.3 is 19.3 Å². The van der Waals surface area contributed by atoms with Crippen LogP contribution in [0.4, 0.5) is 5.69 Å². The lowest BCUT2D eigenvalue weighted by atomic mass is 9.94. The predicted molar refractivity (Wildman–Crippen MR) is 138 cm³/mol. The van der Waals surface area contributed by atoms with Crippen molar-refractivity contribution in [2.24, 2.45) is 0 Å². The van der Waals surface area contributed by atoms with Crippen LogP contribution in [-0.2, 0) is 16.0 Å². The lowest BCUT2D eigenvalue weighted by molar-refractivity contribution is -0.132. The molecule has 0 saturated carbocycles. The van der Waals surface area contributed by atoms with E-state index >= 15 is 0 Å². The quantitative estimate of drug-likeness (QED) is 0.264. The minimum absolute atomic E-state index is 0.0168. The molecule has 7 heteroatoms. The maximum atomic E-state index is 13.4. The number of rotatable bonds is 8. The summed E-state index contributed by atoms with van der Waals surface area (Å²) in [5.41, 5.74) is 2.70. The van der Waals surface area contributed by atoms with Gasteiger partial charge in [0.05, 0.1) is 32.4 Å². The summed E-state index contributed by atoms with van der Waals surface area (Å²) in [5, 5.41) is 11.3. The fourth-order valence-electron chi connectivity index (χ4n) is 4.36. The maximum absolute atomic E-state index is 13.4. The zero-order valence-electron chi connectivity index (χ0n) is 20.8. The van der Waals surface area contributed by atoms with Crippen molar-refractivity contribution in [1.29, 1.82) is 0 Å². The zero-order valence-corrected chi connectivity index (χ0v) is 20.8. The number of aliphatic hydroxyl groups excluding tert-OH is 1. The third kappa shape index (κ3) is 4.52. The molecule has 1 fully saturated rings. The Balaban J connectivity index is 1.89. The number of ether oxygens (including phenoxy) is 3. The van der Waals surface area contributed by atoms with E-state index < -0.39 is 17.7 Å². The number of hydrogen-bond acceptors (Lipinski definition) is 6. The summed E-state index contributed by atoms with van der Waals surface area (Å²) in [6.07, 6.45) is 0.850. The van der Waals surface area contributed by atoms with E-state index in [0.717, 1.165) is 12.0 Å². The van der Waals surface area contributed by atoms with Gasteiger partial charge >= 0.3 is 0 Å². The minimum Gasteiger partial charge on any atom is -0.507 e. The topological polar surface area (TPSA) is 85.3 Å². The fourth-order valence-corrected chi connectivity index (χ4v) is 4.36. The highest BCUT2D eigenvalue weighted by atomic mass is 16.5. The Kier molecular flexibility index (Phi) is 7.29.